The minimum absolute atomic E-state index is 0.0122. The first kappa shape index (κ1) is 63.5. The van der Waals surface area contributed by atoms with Crippen molar-refractivity contribution in [3.63, 3.8) is 0 Å². The van der Waals surface area contributed by atoms with Crippen molar-refractivity contribution in [3.05, 3.63) is 71.8 Å². The van der Waals surface area contributed by atoms with Crippen LogP contribution in [0.2, 0.25) is 0 Å². The van der Waals surface area contributed by atoms with Gasteiger partial charge in [0.05, 0.1) is 52.9 Å². The summed E-state index contributed by atoms with van der Waals surface area (Å²) in [4.78, 5) is 86.0. The Morgan fingerprint density at radius 2 is 0.890 bits per heavy atom. The van der Waals surface area contributed by atoms with Crippen LogP contribution in [0.3, 0.4) is 0 Å². The number of carbonyl (C=O) groups excluding carboxylic acids is 7. The first-order chi connectivity index (χ1) is 35.3. The zero-order valence-corrected chi connectivity index (χ0v) is 43.8. The number of esters is 2. The molecule has 0 aliphatic carbocycles. The smallest absolute Gasteiger partial charge is 0.408 e. The highest BCUT2D eigenvalue weighted by molar-refractivity contribution is 5.85. The minimum atomic E-state index is -0.872. The Morgan fingerprint density at radius 3 is 1.44 bits per heavy atom. The molecule has 410 valence electrons. The minimum Gasteiger partial charge on any atom is -0.461 e. The van der Waals surface area contributed by atoms with Crippen LogP contribution in [-0.4, -0.2) is 132 Å². The van der Waals surface area contributed by atoms with E-state index in [4.69, 9.17) is 33.2 Å². The Bertz CT molecular complexity index is 1820. The molecule has 1 atom stereocenters. The van der Waals surface area contributed by atoms with E-state index in [9.17, 15) is 33.6 Å². The molecule has 19 nitrogen and oxygen atoms in total. The molecule has 19 heteroatoms. The summed E-state index contributed by atoms with van der Waals surface area (Å²) in [7, 11) is 0. The van der Waals surface area contributed by atoms with Crippen LogP contribution in [0.5, 0.6) is 0 Å². The van der Waals surface area contributed by atoms with Crippen molar-refractivity contribution in [3.8, 4) is 0 Å². The maximum Gasteiger partial charge on any atom is 0.408 e. The molecule has 5 N–H and O–H groups in total. The lowest BCUT2D eigenvalue weighted by Gasteiger charge is -2.20. The lowest BCUT2D eigenvalue weighted by Crippen LogP contribution is -2.47. The van der Waals surface area contributed by atoms with E-state index in [1.54, 1.807) is 20.8 Å². The predicted octanol–water partition coefficient (Wildman–Crippen LogP) is 6.14. The van der Waals surface area contributed by atoms with Gasteiger partial charge >= 0.3 is 18.0 Å². The quantitative estimate of drug-likeness (QED) is 0.0285. The molecular weight excluding hydrogens is 943 g/mol. The van der Waals surface area contributed by atoms with Gasteiger partial charge in [0.2, 0.25) is 23.6 Å². The molecule has 2 aromatic carbocycles. The van der Waals surface area contributed by atoms with Gasteiger partial charge in [-0.3, -0.25) is 28.8 Å². The van der Waals surface area contributed by atoms with Crippen LogP contribution < -0.4 is 26.6 Å². The Labute approximate surface area is 432 Å². The number of hydrogen-bond acceptors (Lipinski definition) is 14. The molecule has 2 rings (SSSR count). The summed E-state index contributed by atoms with van der Waals surface area (Å²) in [6.07, 6.45) is 9.38. The monoisotopic (exact) mass is 1030 g/mol. The Morgan fingerprint density at radius 1 is 0.438 bits per heavy atom. The number of rotatable bonds is 43. The summed E-state index contributed by atoms with van der Waals surface area (Å²) in [5.41, 5.74) is 1.20. The number of carbonyl (C=O) groups is 7. The molecule has 0 fully saturated rings. The zero-order chi connectivity index (χ0) is 53.0. The van der Waals surface area contributed by atoms with E-state index in [1.807, 2.05) is 60.7 Å². The van der Waals surface area contributed by atoms with Crippen molar-refractivity contribution in [1.29, 1.82) is 0 Å². The Hall–Kier alpha value is -5.63. The summed E-state index contributed by atoms with van der Waals surface area (Å²) >= 11 is 0. The second-order valence-electron chi connectivity index (χ2n) is 18.4. The summed E-state index contributed by atoms with van der Waals surface area (Å²) in [6.45, 7) is 9.53. The van der Waals surface area contributed by atoms with E-state index >= 15 is 0 Å². The Balaban J connectivity index is 1.36. The van der Waals surface area contributed by atoms with Crippen LogP contribution in [0, 0.1) is 0 Å². The Kier molecular flexibility index (Phi) is 36.4. The number of alkyl carbamates (subject to hydrolysis) is 1. The molecule has 0 unspecified atom stereocenters. The van der Waals surface area contributed by atoms with E-state index < -0.39 is 23.6 Å². The summed E-state index contributed by atoms with van der Waals surface area (Å²) in [6, 6.07) is 18.0. The van der Waals surface area contributed by atoms with Gasteiger partial charge in [-0.1, -0.05) is 92.8 Å². The largest absolute Gasteiger partial charge is 0.461 e. The third-order valence-corrected chi connectivity index (χ3v) is 10.7. The molecule has 5 amide bonds. The van der Waals surface area contributed by atoms with Crippen molar-refractivity contribution >= 4 is 41.7 Å². The van der Waals surface area contributed by atoms with Gasteiger partial charge in [0.15, 0.2) is 0 Å². The second-order valence-corrected chi connectivity index (χ2v) is 18.4. The molecular formula is C54H85N5O14. The van der Waals surface area contributed by atoms with Crippen LogP contribution in [-0.2, 0) is 75.1 Å². The molecule has 73 heavy (non-hydrogen) atoms. The van der Waals surface area contributed by atoms with Crippen LogP contribution in [0.25, 0.3) is 0 Å². The SMILES string of the molecule is CC(C)(C)OC(=O)CCCNC(=O)[C@H](CCCCNC(=O)CCOCCOCCNC(=O)CCOCCOCCNC(=O)CCCCCCCCCC(=O)OCc1ccccc1)NC(=O)OCc1ccccc1. The molecule has 0 saturated carbocycles. The molecule has 0 saturated heterocycles. The van der Waals surface area contributed by atoms with Gasteiger partial charge in [-0.2, -0.15) is 0 Å². The number of benzene rings is 2. The van der Waals surface area contributed by atoms with Crippen LogP contribution in [0.4, 0.5) is 4.79 Å². The number of hydrogen-bond donors (Lipinski definition) is 5. The highest BCUT2D eigenvalue weighted by atomic mass is 16.6. The van der Waals surface area contributed by atoms with Crippen molar-refractivity contribution in [2.24, 2.45) is 0 Å². The van der Waals surface area contributed by atoms with Crippen LogP contribution >= 0.6 is 0 Å². The maximum atomic E-state index is 13.0. The normalized spacial score (nSPS) is 11.5. The summed E-state index contributed by atoms with van der Waals surface area (Å²) in [5, 5.41) is 13.9. The third-order valence-electron chi connectivity index (χ3n) is 10.7. The average molecular weight is 1030 g/mol. The van der Waals surface area contributed by atoms with E-state index in [2.05, 4.69) is 26.6 Å². The first-order valence-corrected chi connectivity index (χ1v) is 26.1. The first-order valence-electron chi connectivity index (χ1n) is 26.1. The predicted molar refractivity (Wildman–Crippen MR) is 275 cm³/mol. The molecule has 0 spiro atoms. The molecule has 0 aliphatic heterocycles. The second kappa shape index (κ2) is 41.8. The van der Waals surface area contributed by atoms with E-state index in [-0.39, 0.29) is 81.9 Å². The van der Waals surface area contributed by atoms with Gasteiger partial charge in [0, 0.05) is 58.3 Å². The van der Waals surface area contributed by atoms with Gasteiger partial charge in [-0.05, 0) is 70.4 Å². The number of unbranched alkanes of at least 4 members (excludes halogenated alkanes) is 7. The van der Waals surface area contributed by atoms with Crippen molar-refractivity contribution < 1.29 is 66.7 Å². The summed E-state index contributed by atoms with van der Waals surface area (Å²) < 4.78 is 37.9. The number of ether oxygens (including phenoxy) is 7. The molecule has 0 bridgehead atoms. The van der Waals surface area contributed by atoms with Crippen LogP contribution in [0.15, 0.2) is 60.7 Å². The molecule has 0 radical (unpaired) electrons. The van der Waals surface area contributed by atoms with Crippen molar-refractivity contribution in [2.75, 3.05) is 79.0 Å². The van der Waals surface area contributed by atoms with Crippen molar-refractivity contribution in [2.45, 2.75) is 148 Å². The van der Waals surface area contributed by atoms with E-state index in [1.165, 1.54) is 0 Å². The molecule has 0 aliphatic rings. The lowest BCUT2D eigenvalue weighted by atomic mass is 10.1. The van der Waals surface area contributed by atoms with Gasteiger partial charge in [-0.25, -0.2) is 4.79 Å². The summed E-state index contributed by atoms with van der Waals surface area (Å²) in [5.74, 6) is -1.24. The van der Waals surface area contributed by atoms with E-state index in [0.29, 0.717) is 97.8 Å². The molecule has 0 aromatic heterocycles. The van der Waals surface area contributed by atoms with Gasteiger partial charge in [-0.15, -0.1) is 0 Å². The number of nitrogens with one attached hydrogen (secondary N) is 5. The van der Waals surface area contributed by atoms with Gasteiger partial charge in [0.1, 0.15) is 24.9 Å². The highest BCUT2D eigenvalue weighted by Crippen LogP contribution is 2.12. The van der Waals surface area contributed by atoms with Gasteiger partial charge in [0.25, 0.3) is 0 Å². The average Bonchev–Trinajstić information content (AvgIpc) is 3.36. The lowest BCUT2D eigenvalue weighted by molar-refractivity contribution is -0.155. The highest BCUT2D eigenvalue weighted by Gasteiger charge is 2.22. The van der Waals surface area contributed by atoms with Crippen LogP contribution in [0.1, 0.15) is 135 Å². The standard InChI is InChI=1S/C54H85N5O14/c1-54(2,3)73-51(64)27-19-31-58-52(65)46(59-53(66)72-43-45-22-13-10-14-23-45)24-17-18-30-55-48(61)28-34-67-38-41-70-37-33-57-49(62)29-35-68-39-40-69-36-32-56-47(60)25-15-7-5-4-6-8-16-26-50(63)71-42-44-20-11-9-12-21-44/h9-14,20-23,46H,4-8,15-19,24-43H2,1-3H3,(H,55,61)(H,56,60)(H,57,62)(H,58,65)(H,59,66)/t46-/m0/s1. The van der Waals surface area contributed by atoms with Gasteiger partial charge < -0.3 is 59.7 Å². The molecule has 0 heterocycles. The third kappa shape index (κ3) is 38.6. The topological polar surface area (TPSA) is 244 Å². The fourth-order valence-electron chi connectivity index (χ4n) is 6.85. The maximum absolute atomic E-state index is 13.0. The fourth-order valence-corrected chi connectivity index (χ4v) is 6.85. The zero-order valence-electron chi connectivity index (χ0n) is 43.8. The van der Waals surface area contributed by atoms with Crippen molar-refractivity contribution in [1.82, 2.24) is 26.6 Å². The molecule has 2 aromatic rings. The fraction of sp³-hybridized carbons (Fsp3) is 0.648. The van der Waals surface area contributed by atoms with E-state index in [0.717, 1.165) is 56.1 Å². The number of amides is 5.